The summed E-state index contributed by atoms with van der Waals surface area (Å²) in [6, 6.07) is 3.66. The monoisotopic (exact) mass is 211 g/mol. The van der Waals surface area contributed by atoms with Crippen LogP contribution in [0.5, 0.6) is 0 Å². The number of aryl methyl sites for hydroxylation is 1. The topological polar surface area (TPSA) is 60.2 Å². The second-order valence-corrected chi connectivity index (χ2v) is 3.24. The Morgan fingerprint density at radius 1 is 1.53 bits per heavy atom. The van der Waals surface area contributed by atoms with Crippen LogP contribution in [0.15, 0.2) is 18.2 Å². The van der Waals surface area contributed by atoms with Crippen molar-refractivity contribution in [3.8, 4) is 0 Å². The number of rotatable bonds is 4. The number of halogens is 1. The standard InChI is InChI=1S/C10H10FNO3/c1-7(13)2-3-8-4-5-9(11)10(6-8)12(14)15/h4-6H,2-3H2,1H3. The van der Waals surface area contributed by atoms with Crippen molar-refractivity contribution in [2.24, 2.45) is 0 Å². The second kappa shape index (κ2) is 4.63. The molecular formula is C10H10FNO3. The van der Waals surface area contributed by atoms with Gasteiger partial charge in [0.15, 0.2) is 0 Å². The number of nitro benzene ring substituents is 1. The van der Waals surface area contributed by atoms with Crippen LogP contribution in [0, 0.1) is 15.9 Å². The number of carbonyl (C=O) groups excluding carboxylic acids is 1. The minimum absolute atomic E-state index is 0.00183. The van der Waals surface area contributed by atoms with Crippen molar-refractivity contribution in [3.63, 3.8) is 0 Å². The van der Waals surface area contributed by atoms with E-state index in [1.807, 2.05) is 0 Å². The Hall–Kier alpha value is -1.78. The van der Waals surface area contributed by atoms with E-state index in [1.54, 1.807) is 0 Å². The molecule has 1 aromatic carbocycles. The van der Waals surface area contributed by atoms with Gasteiger partial charge in [0.2, 0.25) is 5.82 Å². The third-order valence-electron chi connectivity index (χ3n) is 1.97. The van der Waals surface area contributed by atoms with E-state index in [1.165, 1.54) is 13.0 Å². The van der Waals surface area contributed by atoms with Crippen molar-refractivity contribution in [1.82, 2.24) is 0 Å². The van der Waals surface area contributed by atoms with Crippen LogP contribution in [0.25, 0.3) is 0 Å². The van der Waals surface area contributed by atoms with Gasteiger partial charge in [-0.2, -0.15) is 4.39 Å². The predicted molar refractivity (Wildman–Crippen MR) is 52.1 cm³/mol. The van der Waals surface area contributed by atoms with Gasteiger partial charge in [0.05, 0.1) is 4.92 Å². The lowest BCUT2D eigenvalue weighted by molar-refractivity contribution is -0.387. The van der Waals surface area contributed by atoms with Crippen LogP contribution in [-0.2, 0) is 11.2 Å². The molecule has 0 aliphatic rings. The fourth-order valence-corrected chi connectivity index (χ4v) is 1.17. The third-order valence-corrected chi connectivity index (χ3v) is 1.97. The van der Waals surface area contributed by atoms with Crippen molar-refractivity contribution < 1.29 is 14.1 Å². The molecule has 0 heterocycles. The Morgan fingerprint density at radius 3 is 2.73 bits per heavy atom. The molecule has 0 spiro atoms. The van der Waals surface area contributed by atoms with Gasteiger partial charge in [0, 0.05) is 12.5 Å². The zero-order chi connectivity index (χ0) is 11.4. The van der Waals surface area contributed by atoms with Gasteiger partial charge in [0.1, 0.15) is 5.78 Å². The molecule has 0 atom stereocenters. The number of Topliss-reactive ketones (excluding diaryl/α,β-unsaturated/α-hetero) is 1. The molecule has 0 saturated heterocycles. The molecular weight excluding hydrogens is 201 g/mol. The summed E-state index contributed by atoms with van der Waals surface area (Å²) in [5.41, 5.74) is 0.0503. The van der Waals surface area contributed by atoms with E-state index in [0.29, 0.717) is 18.4 Å². The highest BCUT2D eigenvalue weighted by atomic mass is 19.1. The van der Waals surface area contributed by atoms with Gasteiger partial charge < -0.3 is 4.79 Å². The molecule has 0 aromatic heterocycles. The predicted octanol–water partition coefficient (Wildman–Crippen LogP) is 2.26. The van der Waals surface area contributed by atoms with Crippen LogP contribution in [0.4, 0.5) is 10.1 Å². The number of nitro groups is 1. The van der Waals surface area contributed by atoms with Crippen LogP contribution in [0.2, 0.25) is 0 Å². The molecule has 0 radical (unpaired) electrons. The first-order valence-electron chi connectivity index (χ1n) is 4.43. The summed E-state index contributed by atoms with van der Waals surface area (Å²) in [5, 5.41) is 10.4. The molecule has 0 unspecified atom stereocenters. The minimum atomic E-state index is -0.855. The zero-order valence-corrected chi connectivity index (χ0v) is 8.20. The Balaban J connectivity index is 2.87. The quantitative estimate of drug-likeness (QED) is 0.566. The molecule has 1 aromatic rings. The molecule has 0 amide bonds. The van der Waals surface area contributed by atoms with E-state index in [4.69, 9.17) is 0 Å². The first kappa shape index (κ1) is 11.3. The van der Waals surface area contributed by atoms with Crippen LogP contribution >= 0.6 is 0 Å². The number of hydrogen-bond donors (Lipinski definition) is 0. The molecule has 0 fully saturated rings. The van der Waals surface area contributed by atoms with Crippen LogP contribution in [-0.4, -0.2) is 10.7 Å². The maximum Gasteiger partial charge on any atom is 0.305 e. The van der Waals surface area contributed by atoms with Crippen molar-refractivity contribution in [2.45, 2.75) is 19.8 Å². The average Bonchev–Trinajstić information content (AvgIpc) is 2.16. The van der Waals surface area contributed by atoms with Crippen molar-refractivity contribution in [1.29, 1.82) is 0 Å². The number of hydrogen-bond acceptors (Lipinski definition) is 3. The van der Waals surface area contributed by atoms with E-state index in [2.05, 4.69) is 0 Å². The summed E-state index contributed by atoms with van der Waals surface area (Å²) in [6.45, 7) is 1.44. The van der Waals surface area contributed by atoms with Gasteiger partial charge in [-0.15, -0.1) is 0 Å². The van der Waals surface area contributed by atoms with Gasteiger partial charge in [-0.25, -0.2) is 0 Å². The summed E-state index contributed by atoms with van der Waals surface area (Å²) in [4.78, 5) is 20.3. The number of benzene rings is 1. The normalized spacial score (nSPS) is 10.0. The SMILES string of the molecule is CC(=O)CCc1ccc(F)c([N+](=O)[O-])c1. The molecule has 5 heteroatoms. The van der Waals surface area contributed by atoms with E-state index >= 15 is 0 Å². The summed E-state index contributed by atoms with van der Waals surface area (Å²) < 4.78 is 12.9. The largest absolute Gasteiger partial charge is 0.305 e. The lowest BCUT2D eigenvalue weighted by Gasteiger charge is -1.99. The summed E-state index contributed by atoms with van der Waals surface area (Å²) in [6.07, 6.45) is 0.708. The van der Waals surface area contributed by atoms with Crippen LogP contribution < -0.4 is 0 Å². The maximum atomic E-state index is 12.9. The molecule has 80 valence electrons. The zero-order valence-electron chi connectivity index (χ0n) is 8.20. The van der Waals surface area contributed by atoms with Crippen molar-refractivity contribution >= 4 is 11.5 Å². The lowest BCUT2D eigenvalue weighted by Crippen LogP contribution is -1.97. The Labute approximate surface area is 85.9 Å². The van der Waals surface area contributed by atoms with Gasteiger partial charge in [0.25, 0.3) is 0 Å². The van der Waals surface area contributed by atoms with E-state index in [0.717, 1.165) is 12.1 Å². The third kappa shape index (κ3) is 3.12. The average molecular weight is 211 g/mol. The first-order chi connectivity index (χ1) is 7.00. The van der Waals surface area contributed by atoms with Crippen molar-refractivity contribution in [2.75, 3.05) is 0 Å². The van der Waals surface area contributed by atoms with Gasteiger partial charge in [-0.1, -0.05) is 6.07 Å². The highest BCUT2D eigenvalue weighted by Gasteiger charge is 2.14. The van der Waals surface area contributed by atoms with Crippen molar-refractivity contribution in [3.05, 3.63) is 39.7 Å². The maximum absolute atomic E-state index is 12.9. The summed E-state index contributed by atoms with van der Waals surface area (Å²) in [5.74, 6) is -0.853. The fourth-order valence-electron chi connectivity index (χ4n) is 1.17. The summed E-state index contributed by atoms with van der Waals surface area (Å²) >= 11 is 0. The first-order valence-corrected chi connectivity index (χ1v) is 4.43. The molecule has 4 nitrogen and oxygen atoms in total. The van der Waals surface area contributed by atoms with E-state index in [9.17, 15) is 19.3 Å². The lowest BCUT2D eigenvalue weighted by atomic mass is 10.1. The molecule has 0 bridgehead atoms. The van der Waals surface area contributed by atoms with Gasteiger partial charge >= 0.3 is 5.69 Å². The highest BCUT2D eigenvalue weighted by molar-refractivity contribution is 5.75. The highest BCUT2D eigenvalue weighted by Crippen LogP contribution is 2.19. The Kier molecular flexibility index (Phi) is 3.49. The van der Waals surface area contributed by atoms with Gasteiger partial charge in [-0.3, -0.25) is 10.1 Å². The molecule has 0 saturated carbocycles. The van der Waals surface area contributed by atoms with E-state index < -0.39 is 16.4 Å². The molecule has 0 aliphatic heterocycles. The summed E-state index contributed by atoms with van der Waals surface area (Å²) in [7, 11) is 0. The number of ketones is 1. The van der Waals surface area contributed by atoms with E-state index in [-0.39, 0.29) is 5.78 Å². The Morgan fingerprint density at radius 2 is 2.20 bits per heavy atom. The molecule has 0 aliphatic carbocycles. The Bertz CT molecular complexity index is 404. The molecule has 1 rings (SSSR count). The van der Waals surface area contributed by atoms with Crippen LogP contribution in [0.3, 0.4) is 0 Å². The van der Waals surface area contributed by atoms with Gasteiger partial charge in [-0.05, 0) is 25.0 Å². The molecule has 0 N–H and O–H groups in total. The minimum Gasteiger partial charge on any atom is -0.300 e. The molecule has 15 heavy (non-hydrogen) atoms. The smallest absolute Gasteiger partial charge is 0.300 e. The fraction of sp³-hybridized carbons (Fsp3) is 0.300. The number of nitrogens with zero attached hydrogens (tertiary/aromatic N) is 1. The van der Waals surface area contributed by atoms with Crippen LogP contribution in [0.1, 0.15) is 18.9 Å². The second-order valence-electron chi connectivity index (χ2n) is 3.24. The number of carbonyl (C=O) groups is 1.